The third kappa shape index (κ3) is 4.42. The van der Waals surface area contributed by atoms with Crippen molar-refractivity contribution < 1.29 is 4.74 Å². The maximum Gasteiger partial charge on any atom is 0.151 e. The number of hydrogen-bond donors (Lipinski definition) is 1. The van der Waals surface area contributed by atoms with E-state index < -0.39 is 0 Å². The first-order chi connectivity index (χ1) is 9.69. The molecule has 0 aromatic carbocycles. The van der Waals surface area contributed by atoms with E-state index in [1.54, 1.807) is 0 Å². The summed E-state index contributed by atoms with van der Waals surface area (Å²) in [6, 6.07) is 4.60. The molecule has 1 fully saturated rings. The smallest absolute Gasteiger partial charge is 0.151 e. The quantitative estimate of drug-likeness (QED) is 0.862. The van der Waals surface area contributed by atoms with Crippen molar-refractivity contribution in [3.05, 3.63) is 17.8 Å². The van der Waals surface area contributed by atoms with E-state index in [4.69, 9.17) is 4.74 Å². The van der Waals surface area contributed by atoms with E-state index in [1.807, 2.05) is 0 Å². The Morgan fingerprint density at radius 1 is 1.30 bits per heavy atom. The second kappa shape index (κ2) is 7.55. The highest BCUT2D eigenvalue weighted by atomic mass is 16.5. The van der Waals surface area contributed by atoms with Crippen LogP contribution in [0.15, 0.2) is 12.1 Å². The zero-order chi connectivity index (χ0) is 14.4. The van der Waals surface area contributed by atoms with Gasteiger partial charge in [-0.3, -0.25) is 0 Å². The van der Waals surface area contributed by atoms with E-state index >= 15 is 0 Å². The van der Waals surface area contributed by atoms with Crippen molar-refractivity contribution in [3.63, 3.8) is 0 Å². The van der Waals surface area contributed by atoms with Crippen molar-refractivity contribution in [2.24, 2.45) is 0 Å². The Labute approximate surface area is 121 Å². The number of rotatable bonds is 6. The molecular formula is C15H26N4O. The van der Waals surface area contributed by atoms with Gasteiger partial charge in [0.2, 0.25) is 0 Å². The summed E-state index contributed by atoms with van der Waals surface area (Å²) >= 11 is 0. The zero-order valence-corrected chi connectivity index (χ0v) is 12.8. The fourth-order valence-corrected chi connectivity index (χ4v) is 2.41. The van der Waals surface area contributed by atoms with Crippen LogP contribution in [0.4, 0.5) is 5.82 Å². The van der Waals surface area contributed by atoms with Gasteiger partial charge in [0.15, 0.2) is 5.82 Å². The molecule has 20 heavy (non-hydrogen) atoms. The average Bonchev–Trinajstić information content (AvgIpc) is 2.47. The lowest BCUT2D eigenvalue weighted by atomic mass is 10.1. The monoisotopic (exact) mass is 278 g/mol. The summed E-state index contributed by atoms with van der Waals surface area (Å²) in [6.07, 6.45) is 2.57. The molecule has 1 N–H and O–H groups in total. The summed E-state index contributed by atoms with van der Waals surface area (Å²) in [7, 11) is 0. The van der Waals surface area contributed by atoms with Gasteiger partial charge in [0.25, 0.3) is 0 Å². The van der Waals surface area contributed by atoms with Crippen LogP contribution in [-0.4, -0.2) is 42.0 Å². The lowest BCUT2D eigenvalue weighted by Gasteiger charge is -2.32. The molecular weight excluding hydrogens is 252 g/mol. The lowest BCUT2D eigenvalue weighted by molar-refractivity contribution is 0.0458. The second-order valence-corrected chi connectivity index (χ2v) is 5.56. The van der Waals surface area contributed by atoms with Crippen LogP contribution in [0, 0.1) is 0 Å². The molecule has 2 heterocycles. The van der Waals surface area contributed by atoms with E-state index in [0.717, 1.165) is 50.6 Å². The molecule has 0 bridgehead atoms. The fraction of sp³-hybridized carbons (Fsp3) is 0.733. The number of nitrogens with zero attached hydrogens (tertiary/aromatic N) is 3. The molecule has 1 saturated heterocycles. The van der Waals surface area contributed by atoms with Gasteiger partial charge in [-0.15, -0.1) is 5.10 Å². The summed E-state index contributed by atoms with van der Waals surface area (Å²) in [6.45, 7) is 9.90. The topological polar surface area (TPSA) is 50.3 Å². The Morgan fingerprint density at radius 2 is 2.05 bits per heavy atom. The van der Waals surface area contributed by atoms with Crippen molar-refractivity contribution in [1.29, 1.82) is 0 Å². The standard InChI is InChI=1S/C15H26N4O/c1-4-20-14-7-9-19(10-8-14)15-6-5-13(17-18-15)11-16-12(2)3/h5-6,12,14,16H,4,7-11H2,1-3H3. The molecule has 1 aromatic heterocycles. The minimum Gasteiger partial charge on any atom is -0.378 e. The van der Waals surface area contributed by atoms with Gasteiger partial charge in [-0.05, 0) is 31.9 Å². The van der Waals surface area contributed by atoms with Crippen LogP contribution in [0.2, 0.25) is 0 Å². The van der Waals surface area contributed by atoms with E-state index in [-0.39, 0.29) is 0 Å². The maximum absolute atomic E-state index is 5.67. The first-order valence-corrected chi connectivity index (χ1v) is 7.61. The van der Waals surface area contributed by atoms with Gasteiger partial charge >= 0.3 is 0 Å². The van der Waals surface area contributed by atoms with Gasteiger partial charge < -0.3 is 15.0 Å². The summed E-state index contributed by atoms with van der Waals surface area (Å²) in [5.74, 6) is 0.980. The highest BCUT2D eigenvalue weighted by Crippen LogP contribution is 2.19. The van der Waals surface area contributed by atoms with Crippen LogP contribution >= 0.6 is 0 Å². The molecule has 0 radical (unpaired) electrons. The molecule has 0 aliphatic carbocycles. The zero-order valence-electron chi connectivity index (χ0n) is 12.8. The number of nitrogens with one attached hydrogen (secondary N) is 1. The van der Waals surface area contributed by atoms with Crippen molar-refractivity contribution in [2.75, 3.05) is 24.6 Å². The largest absolute Gasteiger partial charge is 0.378 e. The highest BCUT2D eigenvalue weighted by Gasteiger charge is 2.20. The predicted molar refractivity (Wildman–Crippen MR) is 80.9 cm³/mol. The Kier molecular flexibility index (Phi) is 5.73. The molecule has 0 spiro atoms. The van der Waals surface area contributed by atoms with Crippen molar-refractivity contribution in [2.45, 2.75) is 52.3 Å². The van der Waals surface area contributed by atoms with Crippen LogP contribution in [0.1, 0.15) is 39.3 Å². The van der Waals surface area contributed by atoms with Crippen LogP contribution in [0.3, 0.4) is 0 Å². The molecule has 0 amide bonds. The van der Waals surface area contributed by atoms with Gasteiger partial charge in [-0.1, -0.05) is 13.8 Å². The maximum atomic E-state index is 5.67. The Balaban J connectivity index is 1.84. The minimum atomic E-state index is 0.415. The molecule has 1 aromatic rings. The molecule has 1 aliphatic heterocycles. The van der Waals surface area contributed by atoms with Gasteiger partial charge in [-0.2, -0.15) is 5.10 Å². The molecule has 1 aliphatic rings. The molecule has 0 saturated carbocycles. The number of piperidine rings is 1. The van der Waals surface area contributed by atoms with Gasteiger partial charge in [0.1, 0.15) is 0 Å². The number of anilines is 1. The molecule has 0 unspecified atom stereocenters. The Bertz CT molecular complexity index is 385. The molecule has 5 heteroatoms. The van der Waals surface area contributed by atoms with Crippen molar-refractivity contribution in [3.8, 4) is 0 Å². The lowest BCUT2D eigenvalue weighted by Crippen LogP contribution is -2.37. The molecule has 2 rings (SSSR count). The van der Waals surface area contributed by atoms with Crippen LogP contribution < -0.4 is 10.2 Å². The molecule has 112 valence electrons. The van der Waals surface area contributed by atoms with E-state index in [9.17, 15) is 0 Å². The number of hydrogen-bond acceptors (Lipinski definition) is 5. The van der Waals surface area contributed by atoms with Gasteiger partial charge in [-0.25, -0.2) is 0 Å². The summed E-state index contributed by atoms with van der Waals surface area (Å²) < 4.78 is 5.67. The Morgan fingerprint density at radius 3 is 2.60 bits per heavy atom. The van der Waals surface area contributed by atoms with E-state index in [0.29, 0.717) is 12.1 Å². The summed E-state index contributed by atoms with van der Waals surface area (Å²) in [5, 5.41) is 12.0. The van der Waals surface area contributed by atoms with Crippen LogP contribution in [-0.2, 0) is 11.3 Å². The fourth-order valence-electron chi connectivity index (χ4n) is 2.41. The van der Waals surface area contributed by atoms with E-state index in [1.165, 1.54) is 0 Å². The SMILES string of the molecule is CCOC1CCN(c2ccc(CNC(C)C)nn2)CC1. The van der Waals surface area contributed by atoms with Gasteiger partial charge in [0.05, 0.1) is 11.8 Å². The second-order valence-electron chi connectivity index (χ2n) is 5.56. The average molecular weight is 278 g/mol. The van der Waals surface area contributed by atoms with Crippen LogP contribution in [0.25, 0.3) is 0 Å². The van der Waals surface area contributed by atoms with Crippen molar-refractivity contribution in [1.82, 2.24) is 15.5 Å². The Hall–Kier alpha value is -1.20. The van der Waals surface area contributed by atoms with Crippen molar-refractivity contribution >= 4 is 5.82 Å². The number of aromatic nitrogens is 2. The highest BCUT2D eigenvalue weighted by molar-refractivity contribution is 5.37. The molecule has 5 nitrogen and oxygen atoms in total. The third-order valence-corrected chi connectivity index (χ3v) is 3.57. The summed E-state index contributed by atoms with van der Waals surface area (Å²) in [5.41, 5.74) is 0.992. The minimum absolute atomic E-state index is 0.415. The first kappa shape index (κ1) is 15.2. The van der Waals surface area contributed by atoms with E-state index in [2.05, 4.69) is 53.3 Å². The molecule has 0 atom stereocenters. The number of ether oxygens (including phenoxy) is 1. The van der Waals surface area contributed by atoms with Crippen LogP contribution in [0.5, 0.6) is 0 Å². The summed E-state index contributed by atoms with van der Waals surface area (Å²) in [4.78, 5) is 2.29. The predicted octanol–water partition coefficient (Wildman–Crippen LogP) is 1.98. The normalized spacial score (nSPS) is 16.9. The first-order valence-electron chi connectivity index (χ1n) is 7.61. The third-order valence-electron chi connectivity index (χ3n) is 3.57. The van der Waals surface area contributed by atoms with Gasteiger partial charge in [0, 0.05) is 32.3 Å².